The number of methoxy groups -OCH3 is 1. The Bertz CT molecular complexity index is 786. The zero-order chi connectivity index (χ0) is 19.8. The van der Waals surface area contributed by atoms with E-state index in [1.54, 1.807) is 14.2 Å². The third kappa shape index (κ3) is 5.58. The maximum absolute atomic E-state index is 5.48. The molecule has 0 radical (unpaired) electrons. The largest absolute Gasteiger partial charge is 0.496 e. The first-order valence-corrected chi connectivity index (χ1v) is 10.8. The molecule has 0 bridgehead atoms. The molecule has 2 N–H and O–H groups in total. The van der Waals surface area contributed by atoms with Crippen molar-refractivity contribution in [2.75, 3.05) is 43.7 Å². The van der Waals surface area contributed by atoms with E-state index < -0.39 is 0 Å². The predicted octanol–water partition coefficient (Wildman–Crippen LogP) is 3.42. The van der Waals surface area contributed by atoms with Crippen LogP contribution in [0.15, 0.2) is 47.5 Å². The van der Waals surface area contributed by atoms with Crippen molar-refractivity contribution in [3.05, 3.63) is 59.2 Å². The van der Waals surface area contributed by atoms with Gasteiger partial charge in [-0.15, -0.1) is 0 Å². The maximum Gasteiger partial charge on any atom is 0.191 e. The Kier molecular flexibility index (Phi) is 7.48. The van der Waals surface area contributed by atoms with E-state index in [1.807, 2.05) is 11.8 Å². The van der Waals surface area contributed by atoms with Crippen molar-refractivity contribution < 1.29 is 4.74 Å². The molecule has 0 spiro atoms. The third-order valence-corrected chi connectivity index (χ3v) is 5.83. The van der Waals surface area contributed by atoms with Crippen molar-refractivity contribution in [3.63, 3.8) is 0 Å². The summed E-state index contributed by atoms with van der Waals surface area (Å²) in [5, 5.41) is 6.75. The molecule has 5 nitrogen and oxygen atoms in total. The van der Waals surface area contributed by atoms with Crippen molar-refractivity contribution in [1.82, 2.24) is 10.6 Å². The molecule has 150 valence electrons. The number of guanidine groups is 1. The first-order valence-electron chi connectivity index (χ1n) is 9.69. The lowest BCUT2D eigenvalue weighted by Crippen LogP contribution is -2.36. The lowest BCUT2D eigenvalue weighted by Gasteiger charge is -2.28. The minimum absolute atomic E-state index is 0.662. The van der Waals surface area contributed by atoms with Gasteiger partial charge >= 0.3 is 0 Å². The molecule has 0 aromatic heterocycles. The number of benzene rings is 2. The SMILES string of the molecule is CN=C(NCc1ccc(N2CCSCC2)cc1)NCc1ccc(C)cc1OC. The highest BCUT2D eigenvalue weighted by atomic mass is 32.2. The second-order valence-corrected chi connectivity index (χ2v) is 8.09. The molecule has 6 heteroatoms. The van der Waals surface area contributed by atoms with Crippen LogP contribution in [0.5, 0.6) is 5.75 Å². The number of nitrogens with zero attached hydrogens (tertiary/aromatic N) is 2. The lowest BCUT2D eigenvalue weighted by molar-refractivity contribution is 0.408. The van der Waals surface area contributed by atoms with E-state index in [2.05, 4.69) is 69.9 Å². The van der Waals surface area contributed by atoms with E-state index in [-0.39, 0.29) is 0 Å². The van der Waals surface area contributed by atoms with Crippen molar-refractivity contribution in [2.45, 2.75) is 20.0 Å². The van der Waals surface area contributed by atoms with Gasteiger partial charge in [-0.2, -0.15) is 11.8 Å². The molecule has 0 amide bonds. The topological polar surface area (TPSA) is 48.9 Å². The number of rotatable bonds is 6. The lowest BCUT2D eigenvalue weighted by atomic mass is 10.1. The number of nitrogens with one attached hydrogen (secondary N) is 2. The summed E-state index contributed by atoms with van der Waals surface area (Å²) in [6, 6.07) is 15.1. The van der Waals surface area contributed by atoms with Crippen LogP contribution >= 0.6 is 11.8 Å². The average molecular weight is 399 g/mol. The summed E-state index contributed by atoms with van der Waals surface area (Å²) in [6.07, 6.45) is 0. The van der Waals surface area contributed by atoms with Crippen molar-refractivity contribution >= 4 is 23.4 Å². The monoisotopic (exact) mass is 398 g/mol. The summed E-state index contributed by atoms with van der Waals surface area (Å²) in [5.74, 6) is 4.11. The summed E-state index contributed by atoms with van der Waals surface area (Å²) in [6.45, 7) is 5.74. The van der Waals surface area contributed by atoms with Crippen molar-refractivity contribution in [3.8, 4) is 5.75 Å². The van der Waals surface area contributed by atoms with E-state index in [0.29, 0.717) is 6.54 Å². The highest BCUT2D eigenvalue weighted by Gasteiger charge is 2.11. The minimum Gasteiger partial charge on any atom is -0.496 e. The van der Waals surface area contributed by atoms with Gasteiger partial charge in [0.2, 0.25) is 0 Å². The Morgan fingerprint density at radius 3 is 2.46 bits per heavy atom. The van der Waals surface area contributed by atoms with Crippen LogP contribution in [0.25, 0.3) is 0 Å². The number of aliphatic imine (C=N–C) groups is 1. The predicted molar refractivity (Wildman–Crippen MR) is 121 cm³/mol. The Morgan fingerprint density at radius 2 is 1.79 bits per heavy atom. The fourth-order valence-corrected chi connectivity index (χ4v) is 4.13. The van der Waals surface area contributed by atoms with Gasteiger partial charge in [-0.25, -0.2) is 0 Å². The molecule has 3 rings (SSSR count). The first kappa shape index (κ1) is 20.4. The van der Waals surface area contributed by atoms with Gasteiger partial charge in [0.25, 0.3) is 0 Å². The summed E-state index contributed by atoms with van der Waals surface area (Å²) in [5.41, 5.74) is 4.86. The molecule has 0 atom stereocenters. The number of thioether (sulfide) groups is 1. The van der Waals surface area contributed by atoms with Crippen LogP contribution in [-0.2, 0) is 13.1 Å². The highest BCUT2D eigenvalue weighted by molar-refractivity contribution is 7.99. The van der Waals surface area contributed by atoms with Crippen LogP contribution in [0.3, 0.4) is 0 Å². The molecular weight excluding hydrogens is 368 g/mol. The van der Waals surface area contributed by atoms with Crippen LogP contribution in [-0.4, -0.2) is 44.7 Å². The van der Waals surface area contributed by atoms with Gasteiger partial charge in [-0.1, -0.05) is 24.3 Å². The van der Waals surface area contributed by atoms with E-state index in [9.17, 15) is 0 Å². The second-order valence-electron chi connectivity index (χ2n) is 6.86. The van der Waals surface area contributed by atoms with Gasteiger partial charge < -0.3 is 20.3 Å². The number of hydrogen-bond donors (Lipinski definition) is 2. The molecule has 0 saturated carbocycles. The van der Waals surface area contributed by atoms with Crippen LogP contribution in [0.2, 0.25) is 0 Å². The maximum atomic E-state index is 5.48. The van der Waals surface area contributed by atoms with Gasteiger partial charge in [-0.05, 0) is 36.2 Å². The molecule has 2 aromatic rings. The van der Waals surface area contributed by atoms with Crippen LogP contribution in [0.1, 0.15) is 16.7 Å². The molecule has 0 aliphatic carbocycles. The smallest absolute Gasteiger partial charge is 0.191 e. The van der Waals surface area contributed by atoms with Crippen LogP contribution in [0, 0.1) is 6.92 Å². The summed E-state index contributed by atoms with van der Waals surface area (Å²) >= 11 is 2.04. The average Bonchev–Trinajstić information content (AvgIpc) is 2.75. The highest BCUT2D eigenvalue weighted by Crippen LogP contribution is 2.20. The quantitative estimate of drug-likeness (QED) is 0.577. The van der Waals surface area contributed by atoms with Gasteiger partial charge in [0.05, 0.1) is 7.11 Å². The normalized spacial score (nSPS) is 14.7. The second kappa shape index (κ2) is 10.3. The Morgan fingerprint density at radius 1 is 1.07 bits per heavy atom. The molecule has 1 fully saturated rings. The van der Waals surface area contributed by atoms with Crippen LogP contribution < -0.4 is 20.3 Å². The summed E-state index contributed by atoms with van der Waals surface area (Å²) in [4.78, 5) is 6.79. The van der Waals surface area contributed by atoms with E-state index >= 15 is 0 Å². The minimum atomic E-state index is 0.662. The van der Waals surface area contributed by atoms with Gasteiger partial charge in [0.15, 0.2) is 5.96 Å². The number of aryl methyl sites for hydroxylation is 1. The van der Waals surface area contributed by atoms with Gasteiger partial charge in [0, 0.05) is 56.0 Å². The summed E-state index contributed by atoms with van der Waals surface area (Å²) in [7, 11) is 3.50. The van der Waals surface area contributed by atoms with E-state index in [0.717, 1.165) is 36.9 Å². The van der Waals surface area contributed by atoms with Crippen molar-refractivity contribution in [1.29, 1.82) is 0 Å². The standard InChI is InChI=1S/C22H30N4OS/c1-17-4-7-19(21(14-17)27-3)16-25-22(23-2)24-15-18-5-8-20(9-6-18)26-10-12-28-13-11-26/h4-9,14H,10-13,15-16H2,1-3H3,(H2,23,24,25). The number of hydrogen-bond acceptors (Lipinski definition) is 4. The Balaban J connectivity index is 1.51. The molecule has 1 aliphatic heterocycles. The first-order chi connectivity index (χ1) is 13.7. The van der Waals surface area contributed by atoms with Gasteiger partial charge in [-0.3, -0.25) is 4.99 Å². The molecular formula is C22H30N4OS. The fourth-order valence-electron chi connectivity index (χ4n) is 3.23. The molecule has 0 unspecified atom stereocenters. The van der Waals surface area contributed by atoms with Gasteiger partial charge in [0.1, 0.15) is 5.75 Å². The van der Waals surface area contributed by atoms with Crippen molar-refractivity contribution in [2.24, 2.45) is 4.99 Å². The Hall–Kier alpha value is -2.34. The third-order valence-electron chi connectivity index (χ3n) is 4.88. The van der Waals surface area contributed by atoms with E-state index in [1.165, 1.54) is 28.3 Å². The Labute approximate surface area is 172 Å². The molecule has 2 aromatic carbocycles. The van der Waals surface area contributed by atoms with E-state index in [4.69, 9.17) is 4.74 Å². The zero-order valence-electron chi connectivity index (χ0n) is 17.0. The summed E-state index contributed by atoms with van der Waals surface area (Å²) < 4.78 is 5.48. The molecule has 1 heterocycles. The van der Waals surface area contributed by atoms with Crippen LogP contribution in [0.4, 0.5) is 5.69 Å². The zero-order valence-corrected chi connectivity index (χ0v) is 17.8. The number of ether oxygens (including phenoxy) is 1. The molecule has 1 saturated heterocycles. The molecule has 1 aliphatic rings. The molecule has 28 heavy (non-hydrogen) atoms. The number of anilines is 1. The fraction of sp³-hybridized carbons (Fsp3) is 0.409.